The average molecular weight is 277 g/mol. The van der Waals surface area contributed by atoms with E-state index in [4.69, 9.17) is 0 Å². The van der Waals surface area contributed by atoms with Crippen LogP contribution in [-0.2, 0) is 0 Å². The Bertz CT molecular complexity index is 273. The molecule has 0 spiro atoms. The van der Waals surface area contributed by atoms with Gasteiger partial charge in [0, 0.05) is 6.04 Å². The molecule has 2 fully saturated rings. The number of halogens is 3. The molecule has 112 valence electrons. The van der Waals surface area contributed by atoms with Crippen LogP contribution in [0.5, 0.6) is 0 Å². The summed E-state index contributed by atoms with van der Waals surface area (Å²) in [5.41, 5.74) is 0. The zero-order valence-corrected chi connectivity index (χ0v) is 11.8. The zero-order valence-electron chi connectivity index (χ0n) is 11.8. The summed E-state index contributed by atoms with van der Waals surface area (Å²) < 4.78 is 39.5. The minimum atomic E-state index is -4.02. The van der Waals surface area contributed by atoms with Crippen LogP contribution >= 0.6 is 0 Å². The normalized spacial score (nSPS) is 30.3. The van der Waals surface area contributed by atoms with E-state index in [-0.39, 0.29) is 12.0 Å². The number of hydrogen-bond donors (Lipinski definition) is 1. The van der Waals surface area contributed by atoms with Crippen LogP contribution in [0.2, 0.25) is 0 Å². The van der Waals surface area contributed by atoms with Gasteiger partial charge in [-0.15, -0.1) is 0 Å². The van der Waals surface area contributed by atoms with E-state index >= 15 is 0 Å². The molecule has 1 N–H and O–H groups in total. The van der Waals surface area contributed by atoms with Crippen LogP contribution in [0, 0.1) is 17.8 Å². The number of nitrogens with one attached hydrogen (secondary N) is 1. The van der Waals surface area contributed by atoms with Crippen LogP contribution in [0.3, 0.4) is 0 Å². The van der Waals surface area contributed by atoms with Crippen LogP contribution in [0.4, 0.5) is 13.2 Å². The lowest BCUT2D eigenvalue weighted by atomic mass is 9.73. The van der Waals surface area contributed by atoms with E-state index in [2.05, 4.69) is 5.32 Å². The van der Waals surface area contributed by atoms with Gasteiger partial charge in [0.1, 0.15) is 0 Å². The molecule has 2 saturated carbocycles. The first-order valence-corrected chi connectivity index (χ1v) is 7.82. The van der Waals surface area contributed by atoms with E-state index in [0.29, 0.717) is 6.42 Å². The fraction of sp³-hybridized carbons (Fsp3) is 1.00. The molecule has 3 atom stereocenters. The SMILES string of the molecule is CCNC(CCC1CC1)C1CCCCC1C(F)(F)F. The van der Waals surface area contributed by atoms with Crippen molar-refractivity contribution in [1.29, 1.82) is 0 Å². The van der Waals surface area contributed by atoms with Crippen molar-refractivity contribution in [3.8, 4) is 0 Å². The van der Waals surface area contributed by atoms with Gasteiger partial charge in [0.25, 0.3) is 0 Å². The van der Waals surface area contributed by atoms with Crippen LogP contribution < -0.4 is 5.32 Å². The van der Waals surface area contributed by atoms with Gasteiger partial charge >= 0.3 is 6.18 Å². The third kappa shape index (κ3) is 4.37. The van der Waals surface area contributed by atoms with Crippen LogP contribution in [0.25, 0.3) is 0 Å². The highest BCUT2D eigenvalue weighted by Gasteiger charge is 2.47. The quantitative estimate of drug-likeness (QED) is 0.752. The Kier molecular flexibility index (Phi) is 5.15. The fourth-order valence-electron chi connectivity index (χ4n) is 3.60. The molecule has 2 rings (SSSR count). The molecule has 2 aliphatic carbocycles. The van der Waals surface area contributed by atoms with Gasteiger partial charge in [0.15, 0.2) is 0 Å². The summed E-state index contributed by atoms with van der Waals surface area (Å²) in [5, 5.41) is 3.34. The molecule has 0 amide bonds. The van der Waals surface area contributed by atoms with Gasteiger partial charge in [-0.2, -0.15) is 13.2 Å². The molecule has 0 aromatic carbocycles. The third-order valence-corrected chi connectivity index (χ3v) is 4.81. The lowest BCUT2D eigenvalue weighted by molar-refractivity contribution is -0.199. The van der Waals surface area contributed by atoms with Gasteiger partial charge in [-0.25, -0.2) is 0 Å². The topological polar surface area (TPSA) is 12.0 Å². The van der Waals surface area contributed by atoms with E-state index in [0.717, 1.165) is 44.6 Å². The summed E-state index contributed by atoms with van der Waals surface area (Å²) >= 11 is 0. The van der Waals surface area contributed by atoms with Crippen molar-refractivity contribution in [2.24, 2.45) is 17.8 Å². The van der Waals surface area contributed by atoms with Crippen molar-refractivity contribution < 1.29 is 13.2 Å². The Morgan fingerprint density at radius 2 is 1.79 bits per heavy atom. The summed E-state index contributed by atoms with van der Waals surface area (Å²) in [7, 11) is 0. The average Bonchev–Trinajstić information content (AvgIpc) is 3.17. The van der Waals surface area contributed by atoms with E-state index in [1.807, 2.05) is 6.92 Å². The maximum Gasteiger partial charge on any atom is 0.392 e. The van der Waals surface area contributed by atoms with Gasteiger partial charge in [-0.05, 0) is 44.1 Å². The summed E-state index contributed by atoms with van der Waals surface area (Å²) in [6.07, 6.45) is 3.36. The highest BCUT2D eigenvalue weighted by molar-refractivity contribution is 4.89. The van der Waals surface area contributed by atoms with E-state index in [1.165, 1.54) is 12.8 Å². The maximum atomic E-state index is 13.2. The largest absolute Gasteiger partial charge is 0.392 e. The highest BCUT2D eigenvalue weighted by atomic mass is 19.4. The van der Waals surface area contributed by atoms with Gasteiger partial charge in [0.05, 0.1) is 5.92 Å². The Hall–Kier alpha value is -0.250. The number of alkyl halides is 3. The first-order valence-electron chi connectivity index (χ1n) is 7.82. The van der Waals surface area contributed by atoms with Crippen molar-refractivity contribution >= 4 is 0 Å². The highest BCUT2D eigenvalue weighted by Crippen LogP contribution is 2.44. The molecule has 19 heavy (non-hydrogen) atoms. The molecule has 0 heterocycles. The predicted molar refractivity (Wildman–Crippen MR) is 70.9 cm³/mol. The Morgan fingerprint density at radius 1 is 1.11 bits per heavy atom. The molecule has 0 bridgehead atoms. The second-order valence-electron chi connectivity index (χ2n) is 6.28. The zero-order chi connectivity index (χ0) is 13.9. The van der Waals surface area contributed by atoms with Gasteiger partial charge in [-0.1, -0.05) is 32.6 Å². The first kappa shape index (κ1) is 15.1. The maximum absolute atomic E-state index is 13.2. The van der Waals surface area contributed by atoms with Gasteiger partial charge in [0.2, 0.25) is 0 Å². The molecule has 2 aliphatic rings. The summed E-state index contributed by atoms with van der Waals surface area (Å²) in [6.45, 7) is 2.77. The van der Waals surface area contributed by atoms with Crippen molar-refractivity contribution in [2.75, 3.05) is 6.54 Å². The summed E-state index contributed by atoms with van der Waals surface area (Å²) in [6, 6.07) is 0.0672. The molecule has 0 aromatic rings. The minimum Gasteiger partial charge on any atom is -0.314 e. The molecule has 0 aromatic heterocycles. The molecule has 3 unspecified atom stereocenters. The Morgan fingerprint density at radius 3 is 2.37 bits per heavy atom. The minimum absolute atomic E-state index is 0.0672. The van der Waals surface area contributed by atoms with E-state index in [1.54, 1.807) is 0 Å². The lowest BCUT2D eigenvalue weighted by Gasteiger charge is -2.38. The third-order valence-electron chi connectivity index (χ3n) is 4.81. The van der Waals surface area contributed by atoms with Crippen molar-refractivity contribution in [3.05, 3.63) is 0 Å². The molecule has 0 aliphatic heterocycles. The summed E-state index contributed by atoms with van der Waals surface area (Å²) in [5.74, 6) is -0.481. The monoisotopic (exact) mass is 277 g/mol. The first-order chi connectivity index (χ1) is 9.02. The second kappa shape index (κ2) is 6.47. The van der Waals surface area contributed by atoms with Crippen molar-refractivity contribution in [3.63, 3.8) is 0 Å². The van der Waals surface area contributed by atoms with Crippen LogP contribution in [-0.4, -0.2) is 18.8 Å². The van der Waals surface area contributed by atoms with E-state index < -0.39 is 12.1 Å². The van der Waals surface area contributed by atoms with Gasteiger partial charge < -0.3 is 5.32 Å². The number of hydrogen-bond acceptors (Lipinski definition) is 1. The number of rotatable bonds is 6. The van der Waals surface area contributed by atoms with E-state index in [9.17, 15) is 13.2 Å². The summed E-state index contributed by atoms with van der Waals surface area (Å²) in [4.78, 5) is 0. The molecule has 0 radical (unpaired) electrons. The second-order valence-corrected chi connectivity index (χ2v) is 6.28. The molecular formula is C15H26F3N. The molecule has 4 heteroatoms. The van der Waals surface area contributed by atoms with Crippen LogP contribution in [0.1, 0.15) is 58.3 Å². The molecule has 1 nitrogen and oxygen atoms in total. The fourth-order valence-corrected chi connectivity index (χ4v) is 3.60. The van der Waals surface area contributed by atoms with Crippen molar-refractivity contribution in [2.45, 2.75) is 70.5 Å². The van der Waals surface area contributed by atoms with Crippen LogP contribution in [0.15, 0.2) is 0 Å². The van der Waals surface area contributed by atoms with Gasteiger partial charge in [-0.3, -0.25) is 0 Å². The lowest BCUT2D eigenvalue weighted by Crippen LogP contribution is -2.45. The smallest absolute Gasteiger partial charge is 0.314 e. The van der Waals surface area contributed by atoms with Crippen molar-refractivity contribution in [1.82, 2.24) is 5.32 Å². The molecular weight excluding hydrogens is 251 g/mol. The Balaban J connectivity index is 1.98. The Labute approximate surface area is 114 Å². The standard InChI is InChI=1S/C15H26F3N/c1-2-19-14(10-9-11-7-8-11)12-5-3-4-6-13(12)15(16,17)18/h11-14,19H,2-10H2,1H3. The predicted octanol–water partition coefficient (Wildman–Crippen LogP) is 4.52. The molecule has 0 saturated heterocycles.